The average Bonchev–Trinajstić information content (AvgIpc) is 3.44. The zero-order valence-corrected chi connectivity index (χ0v) is 19.1. The van der Waals surface area contributed by atoms with Crippen molar-refractivity contribution in [1.82, 2.24) is 30.4 Å². The molecule has 3 aromatic rings. The van der Waals surface area contributed by atoms with E-state index in [0.717, 1.165) is 35.9 Å². The third kappa shape index (κ3) is 4.77. The van der Waals surface area contributed by atoms with Crippen molar-refractivity contribution in [2.45, 2.75) is 18.3 Å². The minimum atomic E-state index is 0. The molecule has 0 amide bonds. The summed E-state index contributed by atoms with van der Waals surface area (Å²) in [7, 11) is 3.67. The van der Waals surface area contributed by atoms with Crippen molar-refractivity contribution >= 4 is 46.8 Å². The number of benzene rings is 1. The van der Waals surface area contributed by atoms with Crippen LogP contribution in [0.5, 0.6) is 0 Å². The maximum atomic E-state index is 4.34. The van der Waals surface area contributed by atoms with Gasteiger partial charge < -0.3 is 16.0 Å². The van der Waals surface area contributed by atoms with Gasteiger partial charge in [-0.15, -0.1) is 24.0 Å². The topological polar surface area (TPSA) is 92.1 Å². The summed E-state index contributed by atoms with van der Waals surface area (Å²) in [5.41, 5.74) is 2.48. The van der Waals surface area contributed by atoms with Crippen molar-refractivity contribution in [3.63, 3.8) is 0 Å². The first-order chi connectivity index (χ1) is 13.7. The van der Waals surface area contributed by atoms with Crippen LogP contribution in [-0.2, 0) is 12.5 Å². The van der Waals surface area contributed by atoms with Gasteiger partial charge in [-0.3, -0.25) is 9.67 Å². The average molecular weight is 506 g/mol. The first-order valence-electron chi connectivity index (χ1n) is 9.58. The highest BCUT2D eigenvalue weighted by Gasteiger charge is 2.43. The van der Waals surface area contributed by atoms with Gasteiger partial charge in [0, 0.05) is 39.1 Å². The quantitative estimate of drug-likeness (QED) is 0.197. The Labute approximate surface area is 187 Å². The number of rotatable bonds is 7. The minimum absolute atomic E-state index is 0. The Morgan fingerprint density at radius 1 is 1.14 bits per heavy atom. The molecule has 0 aliphatic heterocycles. The summed E-state index contributed by atoms with van der Waals surface area (Å²) in [5.74, 6) is 1.61. The van der Waals surface area contributed by atoms with Gasteiger partial charge in [0.15, 0.2) is 11.6 Å². The Bertz CT molecular complexity index is 965. The van der Waals surface area contributed by atoms with Crippen molar-refractivity contribution in [3.8, 4) is 0 Å². The molecule has 29 heavy (non-hydrogen) atoms. The summed E-state index contributed by atoms with van der Waals surface area (Å²) in [4.78, 5) is 12.9. The van der Waals surface area contributed by atoms with Gasteiger partial charge in [0.25, 0.3) is 0 Å². The second kappa shape index (κ2) is 9.38. The lowest BCUT2D eigenvalue weighted by molar-refractivity contribution is 0.646. The molecule has 0 unspecified atom stereocenters. The van der Waals surface area contributed by atoms with Gasteiger partial charge in [0.05, 0.1) is 11.6 Å². The fourth-order valence-corrected chi connectivity index (χ4v) is 3.45. The number of halogens is 1. The normalized spacial score (nSPS) is 14.9. The molecule has 9 heteroatoms. The van der Waals surface area contributed by atoms with Crippen LogP contribution in [0.3, 0.4) is 0 Å². The summed E-state index contributed by atoms with van der Waals surface area (Å²) >= 11 is 0. The van der Waals surface area contributed by atoms with Crippen LogP contribution < -0.4 is 16.0 Å². The van der Waals surface area contributed by atoms with E-state index in [1.807, 2.05) is 7.05 Å². The van der Waals surface area contributed by atoms with Gasteiger partial charge in [-0.2, -0.15) is 5.10 Å². The molecule has 4 rings (SSSR count). The Kier molecular flexibility index (Phi) is 6.88. The summed E-state index contributed by atoms with van der Waals surface area (Å²) in [5, 5.41) is 15.3. The summed E-state index contributed by atoms with van der Waals surface area (Å²) < 4.78 is 1.74. The van der Waals surface area contributed by atoms with E-state index in [9.17, 15) is 0 Å². The Morgan fingerprint density at radius 3 is 2.66 bits per heavy atom. The summed E-state index contributed by atoms with van der Waals surface area (Å²) in [6.45, 7) is 2.33. The highest BCUT2D eigenvalue weighted by atomic mass is 127. The van der Waals surface area contributed by atoms with Gasteiger partial charge in [0.2, 0.25) is 0 Å². The lowest BCUT2D eigenvalue weighted by Crippen LogP contribution is -2.42. The Balaban J connectivity index is 0.00000240. The van der Waals surface area contributed by atoms with Gasteiger partial charge in [0.1, 0.15) is 12.1 Å². The molecule has 2 heterocycles. The van der Waals surface area contributed by atoms with Gasteiger partial charge in [-0.25, -0.2) is 9.97 Å². The van der Waals surface area contributed by atoms with E-state index < -0.39 is 0 Å². The van der Waals surface area contributed by atoms with Gasteiger partial charge in [-0.05, 0) is 18.4 Å². The molecule has 154 valence electrons. The lowest BCUT2D eigenvalue weighted by Gasteiger charge is -2.19. The molecular formula is C20H27IN8. The summed E-state index contributed by atoms with van der Waals surface area (Å²) in [6, 6.07) is 10.7. The van der Waals surface area contributed by atoms with E-state index >= 15 is 0 Å². The highest BCUT2D eigenvalue weighted by molar-refractivity contribution is 14.0. The standard InChI is InChI=1S/C20H26N8.HI/c1-21-19(24-13-20(8-9-20)15-6-4-3-5-7-15)23-11-10-22-17-16-12-27-28(2)18(16)26-14-25-17;/h3-7,12,14H,8-11,13H2,1-2H3,(H2,21,23,24)(H,22,25,26);1H. The van der Waals surface area contributed by atoms with Crippen LogP contribution in [0, 0.1) is 0 Å². The number of fused-ring (bicyclic) bond motifs is 1. The molecule has 1 aliphatic carbocycles. The molecule has 1 aromatic carbocycles. The van der Waals surface area contributed by atoms with Crippen molar-refractivity contribution in [3.05, 3.63) is 48.4 Å². The van der Waals surface area contributed by atoms with Crippen LogP contribution >= 0.6 is 24.0 Å². The smallest absolute Gasteiger partial charge is 0.191 e. The Hall–Kier alpha value is -2.43. The molecular weight excluding hydrogens is 479 g/mol. The van der Waals surface area contributed by atoms with Crippen LogP contribution in [0.25, 0.3) is 11.0 Å². The van der Waals surface area contributed by atoms with Gasteiger partial charge >= 0.3 is 0 Å². The number of hydrogen-bond acceptors (Lipinski definition) is 5. The molecule has 8 nitrogen and oxygen atoms in total. The predicted octanol–water partition coefficient (Wildman–Crippen LogP) is 2.29. The van der Waals surface area contributed by atoms with E-state index in [4.69, 9.17) is 0 Å². The zero-order chi connectivity index (χ0) is 19.4. The fraction of sp³-hybridized carbons (Fsp3) is 0.400. The number of aliphatic imine (C=N–C) groups is 1. The van der Waals surface area contributed by atoms with E-state index in [0.29, 0.717) is 6.54 Å². The third-order valence-electron chi connectivity index (χ3n) is 5.30. The second-order valence-electron chi connectivity index (χ2n) is 7.15. The SMILES string of the molecule is CN=C(NCCNc1ncnc2c1cnn2C)NCC1(c2ccccc2)CC1.I. The van der Waals surface area contributed by atoms with E-state index in [1.54, 1.807) is 24.3 Å². The molecule has 2 aromatic heterocycles. The van der Waals surface area contributed by atoms with Crippen molar-refractivity contribution in [2.75, 3.05) is 32.0 Å². The Morgan fingerprint density at radius 2 is 1.93 bits per heavy atom. The third-order valence-corrected chi connectivity index (χ3v) is 5.30. The molecule has 0 radical (unpaired) electrons. The molecule has 3 N–H and O–H groups in total. The largest absolute Gasteiger partial charge is 0.368 e. The van der Waals surface area contributed by atoms with Crippen molar-refractivity contribution in [1.29, 1.82) is 0 Å². The molecule has 1 aliphatic rings. The first kappa shape index (κ1) is 21.3. The van der Waals surface area contributed by atoms with Crippen LogP contribution in [0.15, 0.2) is 47.8 Å². The van der Waals surface area contributed by atoms with Crippen LogP contribution in [-0.4, -0.2) is 52.4 Å². The van der Waals surface area contributed by atoms with E-state index in [-0.39, 0.29) is 29.4 Å². The molecule has 0 saturated heterocycles. The lowest BCUT2D eigenvalue weighted by atomic mass is 9.96. The first-order valence-corrected chi connectivity index (χ1v) is 9.58. The molecule has 1 saturated carbocycles. The fourth-order valence-electron chi connectivity index (χ4n) is 3.45. The monoisotopic (exact) mass is 506 g/mol. The minimum Gasteiger partial charge on any atom is -0.368 e. The summed E-state index contributed by atoms with van der Waals surface area (Å²) in [6.07, 6.45) is 5.78. The maximum Gasteiger partial charge on any atom is 0.191 e. The molecule has 0 spiro atoms. The number of aromatic nitrogens is 4. The van der Waals surface area contributed by atoms with Crippen molar-refractivity contribution < 1.29 is 0 Å². The zero-order valence-electron chi connectivity index (χ0n) is 16.7. The van der Waals surface area contributed by atoms with Gasteiger partial charge in [-0.1, -0.05) is 30.3 Å². The predicted molar refractivity (Wildman–Crippen MR) is 127 cm³/mol. The number of hydrogen-bond donors (Lipinski definition) is 3. The number of nitrogens with one attached hydrogen (secondary N) is 3. The van der Waals surface area contributed by atoms with Crippen LogP contribution in [0.1, 0.15) is 18.4 Å². The molecule has 0 atom stereocenters. The van der Waals surface area contributed by atoms with Crippen LogP contribution in [0.4, 0.5) is 5.82 Å². The number of anilines is 1. The van der Waals surface area contributed by atoms with E-state index in [2.05, 4.69) is 66.3 Å². The maximum absolute atomic E-state index is 4.34. The van der Waals surface area contributed by atoms with Crippen molar-refractivity contribution in [2.24, 2.45) is 12.0 Å². The number of nitrogens with zero attached hydrogens (tertiary/aromatic N) is 5. The molecule has 0 bridgehead atoms. The highest BCUT2D eigenvalue weighted by Crippen LogP contribution is 2.47. The number of guanidine groups is 1. The van der Waals surface area contributed by atoms with E-state index in [1.165, 1.54) is 18.4 Å². The number of aryl methyl sites for hydroxylation is 1. The second-order valence-corrected chi connectivity index (χ2v) is 7.15. The molecule has 1 fully saturated rings. The van der Waals surface area contributed by atoms with Crippen LogP contribution in [0.2, 0.25) is 0 Å².